The molecule has 1 aromatic carbocycles. The van der Waals surface area contributed by atoms with Gasteiger partial charge in [0.2, 0.25) is 5.91 Å². The van der Waals surface area contributed by atoms with Crippen molar-refractivity contribution in [3.05, 3.63) is 29.8 Å². The summed E-state index contributed by atoms with van der Waals surface area (Å²) in [6, 6.07) is 9.23. The summed E-state index contributed by atoms with van der Waals surface area (Å²) in [7, 11) is 0. The van der Waals surface area contributed by atoms with Gasteiger partial charge in [0.15, 0.2) is 0 Å². The monoisotopic (exact) mass is 381 g/mol. The Kier molecular flexibility index (Phi) is 8.85. The second-order valence-electron chi connectivity index (χ2n) is 7.21. The normalized spacial score (nSPS) is 25.5. The van der Waals surface area contributed by atoms with Crippen molar-refractivity contribution in [3.63, 3.8) is 0 Å². The standard InChI is InChI=1S/C20H31N3O2.ClH/c1-2-4-20(24)23-16-9-7-15(8-10-16)13-22-18-6-3-5-17(18)19-14-25-12-11-21-19;/h7-10,17-19,21-22H,2-6,11-14H2,1H3,(H,23,24);1H. The molecule has 0 spiro atoms. The van der Waals surface area contributed by atoms with E-state index in [2.05, 4.69) is 28.1 Å². The third-order valence-electron chi connectivity index (χ3n) is 5.32. The zero-order valence-corrected chi connectivity index (χ0v) is 16.4. The molecule has 0 aromatic heterocycles. The lowest BCUT2D eigenvalue weighted by Crippen LogP contribution is -2.50. The highest BCUT2D eigenvalue weighted by molar-refractivity contribution is 5.90. The van der Waals surface area contributed by atoms with Crippen LogP contribution in [0.5, 0.6) is 0 Å². The predicted octanol–water partition coefficient (Wildman–Crippen LogP) is 3.09. The number of amides is 1. The molecule has 3 rings (SSSR count). The van der Waals surface area contributed by atoms with Crippen molar-refractivity contribution in [2.75, 3.05) is 25.1 Å². The Hall–Kier alpha value is -1.14. The number of hydrogen-bond acceptors (Lipinski definition) is 4. The molecule has 3 N–H and O–H groups in total. The van der Waals surface area contributed by atoms with E-state index in [0.717, 1.165) is 38.4 Å². The largest absolute Gasteiger partial charge is 0.379 e. The van der Waals surface area contributed by atoms with Gasteiger partial charge in [0, 0.05) is 37.3 Å². The van der Waals surface area contributed by atoms with Crippen LogP contribution in [0.4, 0.5) is 5.69 Å². The zero-order valence-electron chi connectivity index (χ0n) is 15.6. The van der Waals surface area contributed by atoms with E-state index < -0.39 is 0 Å². The summed E-state index contributed by atoms with van der Waals surface area (Å²) in [6.07, 6.45) is 5.26. The fourth-order valence-corrected chi connectivity index (χ4v) is 3.99. The highest BCUT2D eigenvalue weighted by Gasteiger charge is 2.34. The van der Waals surface area contributed by atoms with Gasteiger partial charge in [0.25, 0.3) is 0 Å². The van der Waals surface area contributed by atoms with E-state index in [9.17, 15) is 4.79 Å². The van der Waals surface area contributed by atoms with Gasteiger partial charge in [-0.05, 0) is 42.9 Å². The highest BCUT2D eigenvalue weighted by Crippen LogP contribution is 2.29. The minimum absolute atomic E-state index is 0. The lowest BCUT2D eigenvalue weighted by atomic mass is 9.94. The molecule has 26 heavy (non-hydrogen) atoms. The molecular weight excluding hydrogens is 350 g/mol. The second kappa shape index (κ2) is 10.9. The Labute approximate surface area is 163 Å². The third-order valence-corrected chi connectivity index (χ3v) is 5.32. The highest BCUT2D eigenvalue weighted by atomic mass is 35.5. The van der Waals surface area contributed by atoms with Crippen LogP contribution in [0.2, 0.25) is 0 Å². The van der Waals surface area contributed by atoms with Crippen LogP contribution in [-0.4, -0.2) is 37.7 Å². The van der Waals surface area contributed by atoms with Crippen LogP contribution in [0.3, 0.4) is 0 Å². The minimum Gasteiger partial charge on any atom is -0.379 e. The summed E-state index contributed by atoms with van der Waals surface area (Å²) in [6.45, 7) is 5.54. The smallest absolute Gasteiger partial charge is 0.224 e. The van der Waals surface area contributed by atoms with Crippen molar-refractivity contribution in [2.24, 2.45) is 5.92 Å². The SMILES string of the molecule is CCCC(=O)Nc1ccc(CNC2CCCC2C2COCCN2)cc1.Cl. The summed E-state index contributed by atoms with van der Waals surface area (Å²) >= 11 is 0. The van der Waals surface area contributed by atoms with Gasteiger partial charge in [-0.1, -0.05) is 25.5 Å². The van der Waals surface area contributed by atoms with Crippen LogP contribution in [-0.2, 0) is 16.1 Å². The molecule has 2 fully saturated rings. The van der Waals surface area contributed by atoms with Crippen molar-refractivity contribution in [2.45, 2.75) is 57.7 Å². The van der Waals surface area contributed by atoms with Gasteiger partial charge in [0.1, 0.15) is 0 Å². The van der Waals surface area contributed by atoms with Crippen LogP contribution in [0, 0.1) is 5.92 Å². The summed E-state index contributed by atoms with van der Waals surface area (Å²) in [5.74, 6) is 0.747. The van der Waals surface area contributed by atoms with Crippen LogP contribution in [0.15, 0.2) is 24.3 Å². The Balaban J connectivity index is 0.00000243. The summed E-state index contributed by atoms with van der Waals surface area (Å²) < 4.78 is 5.64. The third kappa shape index (κ3) is 5.95. The molecule has 1 aliphatic heterocycles. The molecule has 3 unspecified atom stereocenters. The summed E-state index contributed by atoms with van der Waals surface area (Å²) in [4.78, 5) is 11.6. The Bertz CT molecular complexity index is 546. The van der Waals surface area contributed by atoms with E-state index in [1.165, 1.54) is 24.8 Å². The fraction of sp³-hybridized carbons (Fsp3) is 0.650. The number of nitrogens with one attached hydrogen (secondary N) is 3. The maximum Gasteiger partial charge on any atom is 0.224 e. The Morgan fingerprint density at radius 1 is 1.27 bits per heavy atom. The van der Waals surface area contributed by atoms with Crippen LogP contribution in [0.1, 0.15) is 44.6 Å². The molecule has 0 bridgehead atoms. The molecule has 1 aliphatic carbocycles. The number of rotatable bonds is 7. The molecule has 3 atom stereocenters. The molecular formula is C20H32ClN3O2. The number of halogens is 1. The van der Waals surface area contributed by atoms with Crippen molar-refractivity contribution >= 4 is 24.0 Å². The maximum absolute atomic E-state index is 11.6. The molecule has 1 amide bonds. The summed E-state index contributed by atoms with van der Waals surface area (Å²) in [5, 5.41) is 10.3. The van der Waals surface area contributed by atoms with E-state index in [0.29, 0.717) is 24.4 Å². The first-order chi connectivity index (χ1) is 12.3. The number of carbonyl (C=O) groups is 1. The van der Waals surface area contributed by atoms with E-state index in [1.807, 2.05) is 19.1 Å². The van der Waals surface area contributed by atoms with Gasteiger partial charge < -0.3 is 20.7 Å². The van der Waals surface area contributed by atoms with Gasteiger partial charge >= 0.3 is 0 Å². The first-order valence-electron chi connectivity index (χ1n) is 9.69. The molecule has 6 heteroatoms. The zero-order chi connectivity index (χ0) is 17.5. The second-order valence-corrected chi connectivity index (χ2v) is 7.21. The van der Waals surface area contributed by atoms with Crippen LogP contribution >= 0.6 is 12.4 Å². The number of carbonyl (C=O) groups excluding carboxylic acids is 1. The van der Waals surface area contributed by atoms with Gasteiger partial charge in [-0.15, -0.1) is 12.4 Å². The Morgan fingerprint density at radius 3 is 2.77 bits per heavy atom. The average Bonchev–Trinajstić information content (AvgIpc) is 3.11. The fourth-order valence-electron chi connectivity index (χ4n) is 3.99. The Morgan fingerprint density at radius 2 is 2.08 bits per heavy atom. The molecule has 1 saturated heterocycles. The van der Waals surface area contributed by atoms with Crippen molar-refractivity contribution in [1.29, 1.82) is 0 Å². The quantitative estimate of drug-likeness (QED) is 0.679. The number of morpholine rings is 1. The van der Waals surface area contributed by atoms with Gasteiger partial charge in [0.05, 0.1) is 13.2 Å². The van der Waals surface area contributed by atoms with Gasteiger partial charge in [-0.2, -0.15) is 0 Å². The molecule has 146 valence electrons. The van der Waals surface area contributed by atoms with Crippen molar-refractivity contribution in [1.82, 2.24) is 10.6 Å². The first-order valence-corrected chi connectivity index (χ1v) is 9.69. The van der Waals surface area contributed by atoms with E-state index in [1.54, 1.807) is 0 Å². The number of anilines is 1. The van der Waals surface area contributed by atoms with E-state index >= 15 is 0 Å². The lowest BCUT2D eigenvalue weighted by molar-refractivity contribution is -0.116. The molecule has 1 heterocycles. The van der Waals surface area contributed by atoms with Gasteiger partial charge in [-0.25, -0.2) is 0 Å². The molecule has 1 aromatic rings. The van der Waals surface area contributed by atoms with E-state index in [4.69, 9.17) is 4.74 Å². The predicted molar refractivity (Wildman–Crippen MR) is 108 cm³/mol. The molecule has 5 nitrogen and oxygen atoms in total. The number of benzene rings is 1. The topological polar surface area (TPSA) is 62.4 Å². The average molecular weight is 382 g/mol. The first kappa shape index (κ1) is 21.2. The van der Waals surface area contributed by atoms with Crippen LogP contribution < -0.4 is 16.0 Å². The van der Waals surface area contributed by atoms with Crippen LogP contribution in [0.25, 0.3) is 0 Å². The molecule has 2 aliphatic rings. The summed E-state index contributed by atoms with van der Waals surface area (Å²) in [5.41, 5.74) is 2.14. The van der Waals surface area contributed by atoms with Crippen molar-refractivity contribution < 1.29 is 9.53 Å². The van der Waals surface area contributed by atoms with E-state index in [-0.39, 0.29) is 18.3 Å². The van der Waals surface area contributed by atoms with Gasteiger partial charge in [-0.3, -0.25) is 4.79 Å². The van der Waals surface area contributed by atoms with Crippen molar-refractivity contribution in [3.8, 4) is 0 Å². The number of ether oxygens (including phenoxy) is 1. The molecule has 1 saturated carbocycles. The number of hydrogen-bond donors (Lipinski definition) is 3. The lowest BCUT2D eigenvalue weighted by Gasteiger charge is -2.33. The minimum atomic E-state index is 0. The molecule has 0 radical (unpaired) electrons. The maximum atomic E-state index is 11.6.